The van der Waals surface area contributed by atoms with Crippen molar-refractivity contribution >= 4 is 17.6 Å². The molecule has 6 nitrogen and oxygen atoms in total. The Hall–Kier alpha value is -2.08. The van der Waals surface area contributed by atoms with Gasteiger partial charge in [0.05, 0.1) is 20.2 Å². The normalized spacial score (nSPS) is 19.7. The summed E-state index contributed by atoms with van der Waals surface area (Å²) in [6.45, 7) is 0.134. The van der Waals surface area contributed by atoms with Crippen molar-refractivity contribution in [2.45, 2.75) is 6.04 Å². The highest BCUT2D eigenvalue weighted by Crippen LogP contribution is 2.22. The highest BCUT2D eigenvalue weighted by molar-refractivity contribution is 5.97. The van der Waals surface area contributed by atoms with E-state index in [4.69, 9.17) is 9.84 Å². The number of hydrogen-bond acceptors (Lipinski definition) is 4. The summed E-state index contributed by atoms with van der Waals surface area (Å²) in [5, 5.41) is 11.6. The summed E-state index contributed by atoms with van der Waals surface area (Å²) < 4.78 is 5.09. The van der Waals surface area contributed by atoms with E-state index in [0.29, 0.717) is 11.4 Å². The largest absolute Gasteiger partial charge is 0.497 e. The molecule has 1 aromatic rings. The number of nitrogens with zero attached hydrogens (tertiary/aromatic N) is 1. The monoisotopic (exact) mass is 250 g/mol. The number of carboxylic acid groups (broad SMARTS) is 1. The molecular formula is C12H14N2O4. The standard InChI is InChI=1S/C12H14N2O4/c1-18-9-4-2-3-8(5-9)14-7-10(12(16)17)13-6-11(14)15/h2-5,10,13H,6-7H2,1H3,(H,16,17). The van der Waals surface area contributed by atoms with E-state index in [1.165, 1.54) is 4.90 Å². The summed E-state index contributed by atoms with van der Waals surface area (Å²) >= 11 is 0. The number of hydrogen-bond donors (Lipinski definition) is 2. The van der Waals surface area contributed by atoms with Gasteiger partial charge in [-0.15, -0.1) is 0 Å². The minimum atomic E-state index is -0.963. The molecule has 2 N–H and O–H groups in total. The Morgan fingerprint density at radius 3 is 3.00 bits per heavy atom. The van der Waals surface area contributed by atoms with Crippen LogP contribution in [0.25, 0.3) is 0 Å². The van der Waals surface area contributed by atoms with Gasteiger partial charge in [0.15, 0.2) is 0 Å². The van der Waals surface area contributed by atoms with Crippen LogP contribution in [0.15, 0.2) is 24.3 Å². The maximum atomic E-state index is 11.8. The van der Waals surface area contributed by atoms with E-state index in [2.05, 4.69) is 5.32 Å². The lowest BCUT2D eigenvalue weighted by atomic mass is 10.1. The third-order valence-corrected chi connectivity index (χ3v) is 2.83. The van der Waals surface area contributed by atoms with Gasteiger partial charge in [0, 0.05) is 11.8 Å². The van der Waals surface area contributed by atoms with Crippen molar-refractivity contribution in [1.29, 1.82) is 0 Å². The Balaban J connectivity index is 2.23. The number of ether oxygens (including phenoxy) is 1. The first kappa shape index (κ1) is 12.4. The predicted octanol–water partition coefficient (Wildman–Crippen LogP) is 0.0846. The van der Waals surface area contributed by atoms with E-state index >= 15 is 0 Å². The van der Waals surface area contributed by atoms with E-state index in [0.717, 1.165) is 0 Å². The van der Waals surface area contributed by atoms with Crippen LogP contribution >= 0.6 is 0 Å². The van der Waals surface area contributed by atoms with Crippen LogP contribution in [0.2, 0.25) is 0 Å². The van der Waals surface area contributed by atoms with Crippen LogP contribution in [0, 0.1) is 0 Å². The second kappa shape index (κ2) is 5.05. The number of piperazine rings is 1. The third-order valence-electron chi connectivity index (χ3n) is 2.83. The van der Waals surface area contributed by atoms with Gasteiger partial charge in [0.25, 0.3) is 0 Å². The van der Waals surface area contributed by atoms with Crippen LogP contribution in [0.3, 0.4) is 0 Å². The number of aliphatic carboxylic acids is 1. The molecule has 1 aliphatic rings. The number of amides is 1. The molecule has 0 aromatic heterocycles. The van der Waals surface area contributed by atoms with Crippen molar-refractivity contribution in [2.24, 2.45) is 0 Å². The molecule has 0 aliphatic carbocycles. The Kier molecular flexibility index (Phi) is 3.47. The Morgan fingerprint density at radius 1 is 1.56 bits per heavy atom. The Labute approximate surface area is 104 Å². The highest BCUT2D eigenvalue weighted by Gasteiger charge is 2.30. The molecule has 1 saturated heterocycles. The van der Waals surface area contributed by atoms with Gasteiger partial charge in [-0.25, -0.2) is 0 Å². The van der Waals surface area contributed by atoms with Gasteiger partial charge in [-0.05, 0) is 12.1 Å². The fourth-order valence-corrected chi connectivity index (χ4v) is 1.85. The molecule has 1 unspecified atom stereocenters. The van der Waals surface area contributed by atoms with E-state index in [1.807, 2.05) is 0 Å². The quantitative estimate of drug-likeness (QED) is 0.794. The van der Waals surface area contributed by atoms with E-state index in [-0.39, 0.29) is 19.0 Å². The number of carbonyl (C=O) groups is 2. The number of nitrogens with one attached hydrogen (secondary N) is 1. The van der Waals surface area contributed by atoms with E-state index < -0.39 is 12.0 Å². The fraction of sp³-hybridized carbons (Fsp3) is 0.333. The molecule has 1 aliphatic heterocycles. The molecule has 1 aromatic carbocycles. The predicted molar refractivity (Wildman–Crippen MR) is 64.8 cm³/mol. The van der Waals surface area contributed by atoms with Crippen LogP contribution in [-0.2, 0) is 9.59 Å². The lowest BCUT2D eigenvalue weighted by molar-refractivity contribution is -0.139. The number of rotatable bonds is 3. The summed E-state index contributed by atoms with van der Waals surface area (Å²) in [5.74, 6) is -0.484. The van der Waals surface area contributed by atoms with E-state index in [1.54, 1.807) is 31.4 Å². The lowest BCUT2D eigenvalue weighted by Crippen LogP contribution is -2.57. The molecule has 6 heteroatoms. The molecule has 0 bridgehead atoms. The smallest absolute Gasteiger partial charge is 0.322 e. The zero-order valence-electron chi connectivity index (χ0n) is 9.92. The highest BCUT2D eigenvalue weighted by atomic mass is 16.5. The molecular weight excluding hydrogens is 236 g/mol. The molecule has 0 spiro atoms. The molecule has 0 radical (unpaired) electrons. The van der Waals surface area contributed by atoms with Crippen LogP contribution < -0.4 is 15.0 Å². The van der Waals surface area contributed by atoms with Gasteiger partial charge in [-0.1, -0.05) is 6.07 Å². The van der Waals surface area contributed by atoms with Crippen molar-refractivity contribution in [2.75, 3.05) is 25.1 Å². The van der Waals surface area contributed by atoms with Crippen LogP contribution in [0.1, 0.15) is 0 Å². The second-order valence-corrected chi connectivity index (χ2v) is 3.98. The topological polar surface area (TPSA) is 78.9 Å². The van der Waals surface area contributed by atoms with Crippen LogP contribution in [0.4, 0.5) is 5.69 Å². The summed E-state index contributed by atoms with van der Waals surface area (Å²) in [6, 6.07) is 6.26. The molecule has 0 saturated carbocycles. The maximum absolute atomic E-state index is 11.8. The Bertz CT molecular complexity index is 475. The van der Waals surface area contributed by atoms with E-state index in [9.17, 15) is 9.59 Å². The van der Waals surface area contributed by atoms with Gasteiger partial charge in [0.1, 0.15) is 11.8 Å². The number of benzene rings is 1. The summed E-state index contributed by atoms with van der Waals surface area (Å²) in [4.78, 5) is 24.2. The zero-order valence-corrected chi connectivity index (χ0v) is 9.92. The van der Waals surface area contributed by atoms with Crippen molar-refractivity contribution in [3.8, 4) is 5.75 Å². The van der Waals surface area contributed by atoms with Gasteiger partial charge < -0.3 is 14.7 Å². The number of carboxylic acids is 1. The molecule has 1 atom stereocenters. The minimum absolute atomic E-state index is 0.0220. The molecule has 96 valence electrons. The Morgan fingerprint density at radius 2 is 2.33 bits per heavy atom. The summed E-state index contributed by atoms with van der Waals surface area (Å²) in [6.07, 6.45) is 0. The minimum Gasteiger partial charge on any atom is -0.497 e. The molecule has 2 rings (SSSR count). The molecule has 1 fully saturated rings. The van der Waals surface area contributed by atoms with Gasteiger partial charge >= 0.3 is 5.97 Å². The third kappa shape index (κ3) is 2.43. The average molecular weight is 250 g/mol. The second-order valence-electron chi connectivity index (χ2n) is 3.98. The van der Waals surface area contributed by atoms with Gasteiger partial charge in [0.2, 0.25) is 5.91 Å². The van der Waals surface area contributed by atoms with Crippen LogP contribution in [0.5, 0.6) is 5.75 Å². The zero-order chi connectivity index (χ0) is 13.1. The number of anilines is 1. The van der Waals surface area contributed by atoms with Gasteiger partial charge in [-0.3, -0.25) is 14.9 Å². The van der Waals surface area contributed by atoms with Crippen molar-refractivity contribution in [1.82, 2.24) is 5.32 Å². The van der Waals surface area contributed by atoms with Gasteiger partial charge in [-0.2, -0.15) is 0 Å². The maximum Gasteiger partial charge on any atom is 0.322 e. The summed E-state index contributed by atoms with van der Waals surface area (Å²) in [5.41, 5.74) is 0.645. The average Bonchev–Trinajstić information content (AvgIpc) is 2.39. The first-order valence-electron chi connectivity index (χ1n) is 5.52. The fourth-order valence-electron chi connectivity index (χ4n) is 1.85. The first-order chi connectivity index (χ1) is 8.61. The number of carbonyl (C=O) groups excluding carboxylic acids is 1. The van der Waals surface area contributed by atoms with Crippen molar-refractivity contribution in [3.63, 3.8) is 0 Å². The summed E-state index contributed by atoms with van der Waals surface area (Å²) in [7, 11) is 1.54. The van der Waals surface area contributed by atoms with Crippen molar-refractivity contribution < 1.29 is 19.4 Å². The molecule has 1 heterocycles. The number of methoxy groups -OCH3 is 1. The lowest BCUT2D eigenvalue weighted by Gasteiger charge is -2.31. The first-order valence-corrected chi connectivity index (χ1v) is 5.52. The van der Waals surface area contributed by atoms with Crippen molar-refractivity contribution in [3.05, 3.63) is 24.3 Å². The molecule has 1 amide bonds. The van der Waals surface area contributed by atoms with Crippen LogP contribution in [-0.4, -0.2) is 43.2 Å². The SMILES string of the molecule is COc1cccc(N2CC(C(=O)O)NCC2=O)c1. The molecule has 18 heavy (non-hydrogen) atoms.